The van der Waals surface area contributed by atoms with Gasteiger partial charge in [-0.25, -0.2) is 0 Å². The van der Waals surface area contributed by atoms with Crippen LogP contribution in [0.25, 0.3) is 0 Å². The second kappa shape index (κ2) is 6.41. The van der Waals surface area contributed by atoms with Crippen molar-refractivity contribution in [3.8, 4) is 0 Å². The summed E-state index contributed by atoms with van der Waals surface area (Å²) < 4.78 is 0. The number of hydrogen-bond donors (Lipinski definition) is 1. The maximum absolute atomic E-state index is 4.49. The highest BCUT2D eigenvalue weighted by Gasteiger charge is 2.18. The van der Waals surface area contributed by atoms with E-state index in [4.69, 9.17) is 0 Å². The fourth-order valence-electron chi connectivity index (χ4n) is 2.01. The Labute approximate surface area is 98.3 Å². The molecule has 0 unspecified atom stereocenters. The quantitative estimate of drug-likeness (QED) is 0.800. The van der Waals surface area contributed by atoms with Crippen molar-refractivity contribution in [2.45, 2.75) is 34.1 Å². The third-order valence-corrected chi connectivity index (χ3v) is 4.04. The molecule has 88 valence electrons. The molecule has 0 aromatic heterocycles. The molecule has 0 fully saturated rings. The number of amidine groups is 1. The van der Waals surface area contributed by atoms with Crippen LogP contribution in [0.4, 0.5) is 0 Å². The fourth-order valence-corrected chi connectivity index (χ4v) is 2.85. The van der Waals surface area contributed by atoms with Gasteiger partial charge in [-0.2, -0.15) is 0 Å². The van der Waals surface area contributed by atoms with E-state index in [0.29, 0.717) is 0 Å². The van der Waals surface area contributed by atoms with Crippen LogP contribution in [0, 0.1) is 17.8 Å². The molecule has 0 aliphatic carbocycles. The topological polar surface area (TPSA) is 24.4 Å². The van der Waals surface area contributed by atoms with Gasteiger partial charge < -0.3 is 5.32 Å². The number of thioether (sulfide) groups is 1. The van der Waals surface area contributed by atoms with Crippen LogP contribution in [0.1, 0.15) is 34.1 Å². The molecule has 0 aromatic rings. The summed E-state index contributed by atoms with van der Waals surface area (Å²) in [6.45, 7) is 11.3. The van der Waals surface area contributed by atoms with E-state index in [2.05, 4.69) is 38.0 Å². The molecule has 2 nitrogen and oxygen atoms in total. The Kier molecular flexibility index (Phi) is 5.51. The van der Waals surface area contributed by atoms with Crippen molar-refractivity contribution in [1.29, 1.82) is 0 Å². The lowest BCUT2D eigenvalue weighted by molar-refractivity contribution is 0.288. The zero-order chi connectivity index (χ0) is 11.3. The van der Waals surface area contributed by atoms with E-state index in [-0.39, 0.29) is 0 Å². The van der Waals surface area contributed by atoms with Gasteiger partial charge in [-0.15, -0.1) is 0 Å². The molecular formula is C12H24N2S. The Bertz CT molecular complexity index is 204. The molecule has 0 atom stereocenters. The molecular weight excluding hydrogens is 204 g/mol. The number of aliphatic imine (C=N–C) groups is 1. The third-order valence-electron chi connectivity index (χ3n) is 3.00. The SMILES string of the molecule is CC(C)C(CNC1=NCCCS1)C(C)C. The van der Waals surface area contributed by atoms with Gasteiger partial charge in [0, 0.05) is 18.8 Å². The number of hydrogen-bond acceptors (Lipinski definition) is 3. The van der Waals surface area contributed by atoms with E-state index in [1.54, 1.807) is 0 Å². The molecule has 3 heteroatoms. The van der Waals surface area contributed by atoms with Crippen LogP contribution in [0.3, 0.4) is 0 Å². The zero-order valence-electron chi connectivity index (χ0n) is 10.4. The molecule has 1 heterocycles. The molecule has 0 radical (unpaired) electrons. The van der Waals surface area contributed by atoms with Gasteiger partial charge in [-0.05, 0) is 24.2 Å². The van der Waals surface area contributed by atoms with Crippen molar-refractivity contribution >= 4 is 16.9 Å². The van der Waals surface area contributed by atoms with Gasteiger partial charge >= 0.3 is 0 Å². The van der Waals surface area contributed by atoms with E-state index in [9.17, 15) is 0 Å². The first-order chi connectivity index (χ1) is 7.11. The fraction of sp³-hybridized carbons (Fsp3) is 0.917. The standard InChI is InChI=1S/C12H24N2S/c1-9(2)11(10(3)4)8-14-12-13-6-5-7-15-12/h9-11H,5-8H2,1-4H3,(H,13,14). The average molecular weight is 228 g/mol. The normalized spacial score (nSPS) is 17.4. The first-order valence-corrected chi connectivity index (χ1v) is 7.01. The van der Waals surface area contributed by atoms with Gasteiger partial charge in [0.2, 0.25) is 0 Å². The van der Waals surface area contributed by atoms with Gasteiger partial charge in [-0.3, -0.25) is 4.99 Å². The van der Waals surface area contributed by atoms with Gasteiger partial charge in [0.25, 0.3) is 0 Å². The van der Waals surface area contributed by atoms with Crippen LogP contribution in [0.15, 0.2) is 4.99 Å². The van der Waals surface area contributed by atoms with Gasteiger partial charge in [0.1, 0.15) is 0 Å². The molecule has 1 aliphatic heterocycles. The maximum Gasteiger partial charge on any atom is 0.156 e. The first-order valence-electron chi connectivity index (χ1n) is 6.02. The Balaban J connectivity index is 2.36. The lowest BCUT2D eigenvalue weighted by Gasteiger charge is -2.26. The molecule has 0 saturated carbocycles. The lowest BCUT2D eigenvalue weighted by Crippen LogP contribution is -2.33. The van der Waals surface area contributed by atoms with Crippen LogP contribution in [0.2, 0.25) is 0 Å². The predicted octanol–water partition coefficient (Wildman–Crippen LogP) is 3.00. The van der Waals surface area contributed by atoms with Crippen molar-refractivity contribution in [3.05, 3.63) is 0 Å². The van der Waals surface area contributed by atoms with E-state index in [1.807, 2.05) is 11.8 Å². The minimum absolute atomic E-state index is 0.742. The summed E-state index contributed by atoms with van der Waals surface area (Å²) in [5, 5.41) is 4.66. The molecule has 15 heavy (non-hydrogen) atoms. The minimum atomic E-state index is 0.742. The minimum Gasteiger partial charge on any atom is -0.365 e. The van der Waals surface area contributed by atoms with Gasteiger partial charge in [-0.1, -0.05) is 39.5 Å². The molecule has 0 aromatic carbocycles. The van der Waals surface area contributed by atoms with Crippen molar-refractivity contribution in [2.75, 3.05) is 18.8 Å². The van der Waals surface area contributed by atoms with E-state index in [0.717, 1.165) is 36.0 Å². The molecule has 1 rings (SSSR count). The highest BCUT2D eigenvalue weighted by atomic mass is 32.2. The lowest BCUT2D eigenvalue weighted by atomic mass is 9.86. The number of rotatable bonds is 4. The Morgan fingerprint density at radius 2 is 1.93 bits per heavy atom. The van der Waals surface area contributed by atoms with Crippen molar-refractivity contribution in [3.63, 3.8) is 0 Å². The number of nitrogens with zero attached hydrogens (tertiary/aromatic N) is 1. The smallest absolute Gasteiger partial charge is 0.156 e. The van der Waals surface area contributed by atoms with Crippen molar-refractivity contribution in [2.24, 2.45) is 22.7 Å². The van der Waals surface area contributed by atoms with Crippen molar-refractivity contribution < 1.29 is 0 Å². The third kappa shape index (κ3) is 4.45. The zero-order valence-corrected chi connectivity index (χ0v) is 11.2. The summed E-state index contributed by atoms with van der Waals surface area (Å²) in [5.41, 5.74) is 0. The Morgan fingerprint density at radius 1 is 1.27 bits per heavy atom. The highest BCUT2D eigenvalue weighted by Crippen LogP contribution is 2.20. The van der Waals surface area contributed by atoms with Crippen LogP contribution in [-0.4, -0.2) is 24.0 Å². The maximum atomic E-state index is 4.49. The number of nitrogens with one attached hydrogen (secondary N) is 1. The van der Waals surface area contributed by atoms with Crippen LogP contribution in [-0.2, 0) is 0 Å². The second-order valence-electron chi connectivity index (χ2n) is 4.92. The summed E-state index contributed by atoms with van der Waals surface area (Å²) in [7, 11) is 0. The summed E-state index contributed by atoms with van der Waals surface area (Å²) >= 11 is 1.87. The predicted molar refractivity (Wildman–Crippen MR) is 70.5 cm³/mol. The molecule has 1 aliphatic rings. The van der Waals surface area contributed by atoms with Gasteiger partial charge in [0.05, 0.1) is 0 Å². The van der Waals surface area contributed by atoms with Crippen LogP contribution in [0.5, 0.6) is 0 Å². The summed E-state index contributed by atoms with van der Waals surface area (Å²) in [6, 6.07) is 0. The molecule has 0 bridgehead atoms. The monoisotopic (exact) mass is 228 g/mol. The first kappa shape index (κ1) is 12.9. The summed E-state index contributed by atoms with van der Waals surface area (Å²) in [4.78, 5) is 4.49. The van der Waals surface area contributed by atoms with Crippen LogP contribution < -0.4 is 5.32 Å². The Hall–Kier alpha value is -0.180. The van der Waals surface area contributed by atoms with E-state index >= 15 is 0 Å². The molecule has 0 spiro atoms. The highest BCUT2D eigenvalue weighted by molar-refractivity contribution is 8.13. The summed E-state index contributed by atoms with van der Waals surface area (Å²) in [5.74, 6) is 3.45. The summed E-state index contributed by atoms with van der Waals surface area (Å²) in [6.07, 6.45) is 1.23. The average Bonchev–Trinajstić information content (AvgIpc) is 2.18. The van der Waals surface area contributed by atoms with Crippen LogP contribution >= 0.6 is 11.8 Å². The Morgan fingerprint density at radius 3 is 2.40 bits per heavy atom. The molecule has 0 amide bonds. The second-order valence-corrected chi connectivity index (χ2v) is 6.01. The van der Waals surface area contributed by atoms with E-state index in [1.165, 1.54) is 12.2 Å². The van der Waals surface area contributed by atoms with E-state index < -0.39 is 0 Å². The molecule has 0 saturated heterocycles. The largest absolute Gasteiger partial charge is 0.365 e. The molecule has 1 N–H and O–H groups in total. The van der Waals surface area contributed by atoms with Crippen molar-refractivity contribution in [1.82, 2.24) is 5.32 Å². The van der Waals surface area contributed by atoms with Gasteiger partial charge in [0.15, 0.2) is 5.17 Å².